The molecule has 5 aromatic rings. The average Bonchev–Trinajstić information content (AvgIpc) is 3.40. The third-order valence-corrected chi connectivity index (χ3v) is 7.20. The Balaban J connectivity index is 1.42. The van der Waals surface area contributed by atoms with Crippen LogP contribution in [0.2, 0.25) is 0 Å². The highest BCUT2D eigenvalue weighted by Gasteiger charge is 2.18. The maximum absolute atomic E-state index is 13.4. The van der Waals surface area contributed by atoms with Crippen LogP contribution >= 0.6 is 23.1 Å². The molecule has 0 saturated heterocycles. The SMILES string of the molecule is CC(C)CCn1c(=O)c2ccccc2n2c(SCC(=O)Nc3nc4ccc(F)cc4s3)nnc12. The Morgan fingerprint density at radius 3 is 2.85 bits per heavy atom. The summed E-state index contributed by atoms with van der Waals surface area (Å²) in [5.74, 6) is 0.351. The van der Waals surface area contributed by atoms with E-state index in [1.807, 2.05) is 22.6 Å². The number of amides is 1. The number of anilines is 1. The van der Waals surface area contributed by atoms with Gasteiger partial charge in [0, 0.05) is 6.54 Å². The number of fused-ring (bicyclic) bond motifs is 4. The molecule has 3 heterocycles. The monoisotopic (exact) mass is 496 g/mol. The summed E-state index contributed by atoms with van der Waals surface area (Å²) in [5, 5.41) is 12.8. The van der Waals surface area contributed by atoms with E-state index in [2.05, 4.69) is 34.3 Å². The van der Waals surface area contributed by atoms with Gasteiger partial charge in [0.25, 0.3) is 5.56 Å². The van der Waals surface area contributed by atoms with E-state index < -0.39 is 0 Å². The van der Waals surface area contributed by atoms with Crippen molar-refractivity contribution in [2.75, 3.05) is 11.1 Å². The summed E-state index contributed by atoms with van der Waals surface area (Å²) in [6.45, 7) is 4.75. The van der Waals surface area contributed by atoms with Gasteiger partial charge in [-0.3, -0.25) is 18.6 Å². The molecule has 8 nitrogen and oxygen atoms in total. The molecule has 11 heteroatoms. The summed E-state index contributed by atoms with van der Waals surface area (Å²) >= 11 is 2.44. The standard InChI is InChI=1S/C23H21FN6O2S2/c1-13(2)9-10-29-20(32)15-5-3-4-6-17(15)30-22(29)27-28-23(30)33-12-19(31)26-21-25-16-8-7-14(24)11-18(16)34-21/h3-8,11,13H,9-10,12H2,1-2H3,(H,25,26,31). The van der Waals surface area contributed by atoms with Gasteiger partial charge in [0.05, 0.1) is 26.9 Å². The molecule has 34 heavy (non-hydrogen) atoms. The number of nitrogens with one attached hydrogen (secondary N) is 1. The zero-order chi connectivity index (χ0) is 23.8. The number of hydrogen-bond acceptors (Lipinski definition) is 7. The lowest BCUT2D eigenvalue weighted by Gasteiger charge is -2.12. The van der Waals surface area contributed by atoms with Crippen LogP contribution in [0.4, 0.5) is 9.52 Å². The first-order valence-corrected chi connectivity index (χ1v) is 12.6. The molecule has 2 aromatic carbocycles. The van der Waals surface area contributed by atoms with Crippen molar-refractivity contribution >= 4 is 61.0 Å². The minimum absolute atomic E-state index is 0.0739. The topological polar surface area (TPSA) is 94.2 Å². The largest absolute Gasteiger partial charge is 0.301 e. The van der Waals surface area contributed by atoms with Crippen molar-refractivity contribution in [2.24, 2.45) is 5.92 Å². The predicted molar refractivity (Wildman–Crippen MR) is 133 cm³/mol. The van der Waals surface area contributed by atoms with Crippen LogP contribution in [0.15, 0.2) is 52.4 Å². The van der Waals surface area contributed by atoms with E-state index in [0.717, 1.165) is 6.42 Å². The summed E-state index contributed by atoms with van der Waals surface area (Å²) in [4.78, 5) is 30.0. The Bertz CT molecular complexity index is 1590. The van der Waals surface area contributed by atoms with Crippen molar-refractivity contribution in [1.82, 2.24) is 24.1 Å². The second-order valence-corrected chi connectivity index (χ2v) is 10.2. The van der Waals surface area contributed by atoms with E-state index in [-0.39, 0.29) is 23.0 Å². The summed E-state index contributed by atoms with van der Waals surface area (Å²) in [5.41, 5.74) is 1.23. The molecule has 5 rings (SSSR count). The zero-order valence-electron chi connectivity index (χ0n) is 18.5. The highest BCUT2D eigenvalue weighted by atomic mass is 32.2. The van der Waals surface area contributed by atoms with E-state index in [9.17, 15) is 14.0 Å². The Kier molecular flexibility index (Phi) is 6.05. The van der Waals surface area contributed by atoms with Gasteiger partial charge in [-0.1, -0.05) is 49.1 Å². The van der Waals surface area contributed by atoms with E-state index in [1.54, 1.807) is 16.7 Å². The molecule has 0 spiro atoms. The number of hydrogen-bond donors (Lipinski definition) is 1. The lowest BCUT2D eigenvalue weighted by atomic mass is 10.1. The van der Waals surface area contributed by atoms with Crippen LogP contribution in [-0.4, -0.2) is 35.8 Å². The molecule has 1 amide bonds. The van der Waals surface area contributed by atoms with E-state index in [4.69, 9.17) is 0 Å². The summed E-state index contributed by atoms with van der Waals surface area (Å²) < 4.78 is 17.6. The van der Waals surface area contributed by atoms with E-state index >= 15 is 0 Å². The van der Waals surface area contributed by atoms with Gasteiger partial charge >= 0.3 is 0 Å². The molecule has 0 aliphatic heterocycles. The fourth-order valence-electron chi connectivity index (χ4n) is 3.65. The maximum Gasteiger partial charge on any atom is 0.262 e. The summed E-state index contributed by atoms with van der Waals surface area (Å²) in [6.07, 6.45) is 0.831. The molecule has 0 fully saturated rings. The first-order chi connectivity index (χ1) is 16.4. The molecule has 0 unspecified atom stereocenters. The van der Waals surface area contributed by atoms with Crippen molar-refractivity contribution in [1.29, 1.82) is 0 Å². The van der Waals surface area contributed by atoms with Gasteiger partial charge in [0.15, 0.2) is 10.3 Å². The van der Waals surface area contributed by atoms with Crippen molar-refractivity contribution in [3.8, 4) is 0 Å². The number of nitrogens with zero attached hydrogens (tertiary/aromatic N) is 5. The van der Waals surface area contributed by atoms with Crippen molar-refractivity contribution in [3.05, 3.63) is 58.6 Å². The highest BCUT2D eigenvalue weighted by Crippen LogP contribution is 2.27. The third-order valence-electron chi connectivity index (χ3n) is 5.34. The molecular formula is C23H21FN6O2S2. The van der Waals surface area contributed by atoms with Crippen LogP contribution in [0.1, 0.15) is 20.3 Å². The number of carbonyl (C=O) groups excluding carboxylic acids is 1. The highest BCUT2D eigenvalue weighted by molar-refractivity contribution is 7.99. The number of rotatable bonds is 7. The second-order valence-electron chi connectivity index (χ2n) is 8.24. The number of aryl methyl sites for hydroxylation is 1. The van der Waals surface area contributed by atoms with Gasteiger partial charge in [-0.25, -0.2) is 9.37 Å². The molecule has 0 atom stereocenters. The van der Waals surface area contributed by atoms with E-state index in [1.165, 1.54) is 35.2 Å². The van der Waals surface area contributed by atoms with Crippen LogP contribution in [-0.2, 0) is 11.3 Å². The van der Waals surface area contributed by atoms with Crippen LogP contribution in [0.5, 0.6) is 0 Å². The molecule has 174 valence electrons. The molecule has 3 aromatic heterocycles. The van der Waals surface area contributed by atoms with Gasteiger partial charge in [0.1, 0.15) is 5.82 Å². The van der Waals surface area contributed by atoms with Gasteiger partial charge in [-0.15, -0.1) is 10.2 Å². The number of thiazole rings is 1. The molecule has 0 bridgehead atoms. The third kappa shape index (κ3) is 4.28. The van der Waals surface area contributed by atoms with E-state index in [0.29, 0.717) is 49.6 Å². The van der Waals surface area contributed by atoms with Gasteiger partial charge in [-0.2, -0.15) is 0 Å². The number of halogens is 1. The first kappa shape index (κ1) is 22.5. The molecule has 0 radical (unpaired) electrons. The predicted octanol–water partition coefficient (Wildman–Crippen LogP) is 4.57. The molecule has 0 aliphatic rings. The van der Waals surface area contributed by atoms with Crippen LogP contribution in [0.3, 0.4) is 0 Å². The number of aromatic nitrogens is 5. The quantitative estimate of drug-likeness (QED) is 0.332. The normalized spacial score (nSPS) is 11.8. The van der Waals surface area contributed by atoms with Gasteiger partial charge in [-0.05, 0) is 42.7 Å². The summed E-state index contributed by atoms with van der Waals surface area (Å²) in [7, 11) is 0. The van der Waals surface area contributed by atoms with Crippen molar-refractivity contribution in [2.45, 2.75) is 32.0 Å². The fourth-order valence-corrected chi connectivity index (χ4v) is 5.30. The Labute approximate surface area is 201 Å². The number of thioether (sulfide) groups is 1. The van der Waals surface area contributed by atoms with Crippen LogP contribution in [0, 0.1) is 11.7 Å². The zero-order valence-corrected chi connectivity index (χ0v) is 20.1. The number of benzene rings is 2. The molecule has 1 N–H and O–H groups in total. The second kappa shape index (κ2) is 9.15. The Morgan fingerprint density at radius 2 is 2.03 bits per heavy atom. The van der Waals surface area contributed by atoms with Crippen LogP contribution < -0.4 is 10.9 Å². The Hall–Kier alpha value is -3.31. The maximum atomic E-state index is 13.4. The summed E-state index contributed by atoms with van der Waals surface area (Å²) in [6, 6.07) is 11.6. The minimum Gasteiger partial charge on any atom is -0.301 e. The van der Waals surface area contributed by atoms with Crippen molar-refractivity contribution < 1.29 is 9.18 Å². The lowest BCUT2D eigenvalue weighted by Crippen LogP contribution is -2.24. The lowest BCUT2D eigenvalue weighted by molar-refractivity contribution is -0.113. The fraction of sp³-hybridized carbons (Fsp3) is 0.261. The van der Waals surface area contributed by atoms with Gasteiger partial charge in [0.2, 0.25) is 11.7 Å². The minimum atomic E-state index is -0.345. The number of para-hydroxylation sites is 1. The van der Waals surface area contributed by atoms with Crippen LogP contribution in [0.25, 0.3) is 26.9 Å². The molecule has 0 saturated carbocycles. The van der Waals surface area contributed by atoms with Gasteiger partial charge < -0.3 is 5.32 Å². The first-order valence-electron chi connectivity index (χ1n) is 10.8. The van der Waals surface area contributed by atoms with Crippen molar-refractivity contribution in [3.63, 3.8) is 0 Å². The smallest absolute Gasteiger partial charge is 0.262 e. The average molecular weight is 497 g/mol. The molecular weight excluding hydrogens is 475 g/mol. The Morgan fingerprint density at radius 1 is 1.21 bits per heavy atom. The number of carbonyl (C=O) groups is 1. The molecule has 0 aliphatic carbocycles.